The number of hydrogen-bond donors (Lipinski definition) is 0. The van der Waals surface area contributed by atoms with Gasteiger partial charge in [0.2, 0.25) is 0 Å². The van der Waals surface area contributed by atoms with Gasteiger partial charge in [0.05, 0.1) is 0 Å². The molecule has 2 rings (SSSR count). The average molecular weight is 261 g/mol. The molecule has 5 heteroatoms. The highest BCUT2D eigenvalue weighted by Crippen LogP contribution is 2.03. The van der Waals surface area contributed by atoms with Crippen LogP contribution in [0.3, 0.4) is 0 Å². The molecule has 0 amide bonds. The summed E-state index contributed by atoms with van der Waals surface area (Å²) in [4.78, 5) is 10.9. The molecule has 0 aliphatic heterocycles. The number of ketones is 1. The van der Waals surface area contributed by atoms with Gasteiger partial charge in [0.15, 0.2) is 5.78 Å². The maximum atomic E-state index is 12.3. The second kappa shape index (κ2) is 7.20. The zero-order valence-corrected chi connectivity index (χ0v) is 11.0. The fraction of sp³-hybridized carbons (Fsp3) is 0.214. The van der Waals surface area contributed by atoms with E-state index in [0.29, 0.717) is 5.56 Å². The van der Waals surface area contributed by atoms with Crippen LogP contribution in [0.5, 0.6) is 0 Å². The van der Waals surface area contributed by atoms with E-state index in [1.165, 1.54) is 30.3 Å². The summed E-state index contributed by atoms with van der Waals surface area (Å²) < 4.78 is 14.3. The highest BCUT2D eigenvalue weighted by molar-refractivity contribution is 6.04. The molecule has 0 radical (unpaired) electrons. The Bertz CT molecular complexity index is 546. The van der Waals surface area contributed by atoms with Crippen LogP contribution in [0.25, 0.3) is 0 Å². The van der Waals surface area contributed by atoms with E-state index < -0.39 is 0 Å². The molecule has 0 aliphatic carbocycles. The summed E-state index contributed by atoms with van der Waals surface area (Å²) in [6, 6.07) is 5.35. The Morgan fingerprint density at radius 3 is 2.42 bits per heavy atom. The molecule has 0 atom stereocenters. The minimum absolute atomic E-state index is 0.190. The van der Waals surface area contributed by atoms with Crippen molar-refractivity contribution in [3.05, 3.63) is 60.5 Å². The van der Waals surface area contributed by atoms with E-state index in [1.807, 2.05) is 11.5 Å². The molecule has 1 aromatic carbocycles. The van der Waals surface area contributed by atoms with Gasteiger partial charge < -0.3 is 4.57 Å². The molecule has 0 unspecified atom stereocenters. The summed E-state index contributed by atoms with van der Waals surface area (Å²) in [7, 11) is 0. The Kier molecular flexibility index (Phi) is 5.60. The van der Waals surface area contributed by atoms with Gasteiger partial charge in [-0.05, 0) is 44.2 Å². The number of halogens is 1. The van der Waals surface area contributed by atoms with Gasteiger partial charge in [-0.25, -0.2) is 4.39 Å². The van der Waals surface area contributed by atoms with Crippen LogP contribution in [0.4, 0.5) is 4.39 Å². The topological polar surface area (TPSA) is 47.8 Å². The van der Waals surface area contributed by atoms with E-state index in [0.717, 1.165) is 12.4 Å². The smallest absolute Gasteiger partial charge is 0.185 e. The average Bonchev–Trinajstić information content (AvgIpc) is 2.85. The van der Waals surface area contributed by atoms with Crippen LogP contribution in [0.1, 0.15) is 23.1 Å². The second-order valence-electron chi connectivity index (χ2n) is 3.74. The van der Waals surface area contributed by atoms with Crippen LogP contribution in [0.15, 0.2) is 43.2 Å². The third kappa shape index (κ3) is 4.46. The van der Waals surface area contributed by atoms with Gasteiger partial charge in [-0.3, -0.25) is 4.79 Å². The van der Waals surface area contributed by atoms with Crippen molar-refractivity contribution in [3.8, 4) is 0 Å². The third-order valence-electron chi connectivity index (χ3n) is 2.46. The molecule has 19 heavy (non-hydrogen) atoms. The van der Waals surface area contributed by atoms with Crippen molar-refractivity contribution >= 4 is 5.78 Å². The van der Waals surface area contributed by atoms with Crippen LogP contribution in [0, 0.1) is 12.7 Å². The quantitative estimate of drug-likeness (QED) is 0.630. The van der Waals surface area contributed by atoms with Gasteiger partial charge in [-0.1, -0.05) is 6.58 Å². The number of benzene rings is 1. The summed E-state index contributed by atoms with van der Waals surface area (Å²) in [5.74, 6) is 0.447. The summed E-state index contributed by atoms with van der Waals surface area (Å²) in [5.41, 5.74) is 0.460. The van der Waals surface area contributed by atoms with Crippen molar-refractivity contribution in [1.29, 1.82) is 0 Å². The van der Waals surface area contributed by atoms with Gasteiger partial charge in [0.1, 0.15) is 18.0 Å². The number of aryl methyl sites for hydroxylation is 2. The summed E-state index contributed by atoms with van der Waals surface area (Å²) >= 11 is 0. The van der Waals surface area contributed by atoms with Gasteiger partial charge in [-0.2, -0.15) is 0 Å². The molecule has 0 N–H and O–H groups in total. The van der Waals surface area contributed by atoms with Crippen molar-refractivity contribution in [2.45, 2.75) is 20.4 Å². The molecule has 1 heterocycles. The predicted molar refractivity (Wildman–Crippen MR) is 71.4 cm³/mol. The minimum Gasteiger partial charge on any atom is -0.318 e. The van der Waals surface area contributed by atoms with Crippen molar-refractivity contribution in [2.75, 3.05) is 0 Å². The maximum Gasteiger partial charge on any atom is 0.185 e. The fourth-order valence-corrected chi connectivity index (χ4v) is 1.36. The SMILES string of the molecule is C=CC(=O)c1ccc(F)cc1.CCn1cnnc1C. The molecule has 0 fully saturated rings. The predicted octanol–water partition coefficient (Wildman–Crippen LogP) is 2.80. The standard InChI is InChI=1S/C9H7FO.C5H9N3/c1-2-9(11)7-3-5-8(10)6-4-7;1-3-8-4-6-7-5(8)2/h2-6H,1H2;4H,3H2,1-2H3. The number of rotatable bonds is 3. The van der Waals surface area contributed by atoms with Crippen molar-refractivity contribution in [2.24, 2.45) is 0 Å². The van der Waals surface area contributed by atoms with Crippen molar-refractivity contribution in [1.82, 2.24) is 14.8 Å². The van der Waals surface area contributed by atoms with E-state index in [4.69, 9.17) is 0 Å². The first-order valence-corrected chi connectivity index (χ1v) is 5.85. The first kappa shape index (κ1) is 14.8. The zero-order valence-electron chi connectivity index (χ0n) is 11.0. The lowest BCUT2D eigenvalue weighted by atomic mass is 10.1. The second-order valence-corrected chi connectivity index (χ2v) is 3.74. The molecule has 100 valence electrons. The molecule has 1 aromatic heterocycles. The first-order chi connectivity index (χ1) is 9.08. The van der Waals surface area contributed by atoms with Gasteiger partial charge in [0, 0.05) is 12.1 Å². The number of carbonyl (C=O) groups excluding carboxylic acids is 1. The maximum absolute atomic E-state index is 12.3. The molecule has 4 nitrogen and oxygen atoms in total. The molecule has 0 aliphatic rings. The lowest BCUT2D eigenvalue weighted by molar-refractivity contribution is 0.104. The van der Waals surface area contributed by atoms with Gasteiger partial charge in [-0.15, -0.1) is 10.2 Å². The first-order valence-electron chi connectivity index (χ1n) is 5.85. The molecule has 2 aromatic rings. The lowest BCUT2D eigenvalue weighted by Crippen LogP contribution is -1.93. The van der Waals surface area contributed by atoms with Crippen LogP contribution >= 0.6 is 0 Å². The molecule has 0 spiro atoms. The Morgan fingerprint density at radius 1 is 1.42 bits per heavy atom. The summed E-state index contributed by atoms with van der Waals surface area (Å²) in [5, 5.41) is 7.51. The Morgan fingerprint density at radius 2 is 2.05 bits per heavy atom. The van der Waals surface area contributed by atoms with Crippen LogP contribution < -0.4 is 0 Å². The number of hydrogen-bond acceptors (Lipinski definition) is 3. The van der Waals surface area contributed by atoms with Crippen molar-refractivity contribution < 1.29 is 9.18 Å². The minimum atomic E-state index is -0.342. The lowest BCUT2D eigenvalue weighted by Gasteiger charge is -1.93. The Labute approximate surface area is 111 Å². The van der Waals surface area contributed by atoms with E-state index in [1.54, 1.807) is 6.33 Å². The molecular formula is C14H16FN3O. The monoisotopic (exact) mass is 261 g/mol. The number of nitrogens with zero attached hydrogens (tertiary/aromatic N) is 3. The number of allylic oxidation sites excluding steroid dienone is 1. The normalized spacial score (nSPS) is 9.42. The number of aromatic nitrogens is 3. The van der Waals surface area contributed by atoms with E-state index in [2.05, 4.69) is 23.7 Å². The van der Waals surface area contributed by atoms with E-state index in [9.17, 15) is 9.18 Å². The summed E-state index contributed by atoms with van der Waals surface area (Å²) in [6.07, 6.45) is 2.93. The van der Waals surface area contributed by atoms with Gasteiger partial charge in [0.25, 0.3) is 0 Å². The molecule has 0 saturated heterocycles. The molecular weight excluding hydrogens is 245 g/mol. The van der Waals surface area contributed by atoms with Gasteiger partial charge >= 0.3 is 0 Å². The molecule has 0 saturated carbocycles. The highest BCUT2D eigenvalue weighted by Gasteiger charge is 1.98. The van der Waals surface area contributed by atoms with Crippen LogP contribution in [-0.4, -0.2) is 20.5 Å². The summed E-state index contributed by atoms with van der Waals surface area (Å²) in [6.45, 7) is 8.28. The van der Waals surface area contributed by atoms with Crippen LogP contribution in [0.2, 0.25) is 0 Å². The van der Waals surface area contributed by atoms with Crippen LogP contribution in [-0.2, 0) is 6.54 Å². The van der Waals surface area contributed by atoms with Crippen molar-refractivity contribution in [3.63, 3.8) is 0 Å². The zero-order chi connectivity index (χ0) is 14.3. The Balaban J connectivity index is 0.000000200. The highest BCUT2D eigenvalue weighted by atomic mass is 19.1. The third-order valence-corrected chi connectivity index (χ3v) is 2.46. The largest absolute Gasteiger partial charge is 0.318 e. The van der Waals surface area contributed by atoms with E-state index >= 15 is 0 Å². The number of carbonyl (C=O) groups is 1. The van der Waals surface area contributed by atoms with E-state index in [-0.39, 0.29) is 11.6 Å². The fourth-order valence-electron chi connectivity index (χ4n) is 1.36. The Hall–Kier alpha value is -2.30. The molecule has 0 bridgehead atoms.